The van der Waals surface area contributed by atoms with E-state index in [1.54, 1.807) is 0 Å². The van der Waals surface area contributed by atoms with Gasteiger partial charge in [-0.15, -0.1) is 0 Å². The molecule has 0 saturated carbocycles. The van der Waals surface area contributed by atoms with Gasteiger partial charge in [0.05, 0.1) is 0 Å². The topological polar surface area (TPSA) is 20.3 Å². The summed E-state index contributed by atoms with van der Waals surface area (Å²) in [7, 11) is 0. The Morgan fingerprint density at radius 1 is 1.10 bits per heavy atom. The lowest BCUT2D eigenvalue weighted by atomic mass is 10.0. The Hall–Kier alpha value is -1.31. The molecule has 0 unspecified atom stereocenters. The molecule has 0 spiro atoms. The lowest BCUT2D eigenvalue weighted by Crippen LogP contribution is -2.32. The fourth-order valence-corrected chi connectivity index (χ4v) is 3.07. The molecule has 1 atom stereocenters. The van der Waals surface area contributed by atoms with Crippen molar-refractivity contribution in [3.63, 3.8) is 0 Å². The van der Waals surface area contributed by atoms with Gasteiger partial charge < -0.3 is 4.90 Å². The van der Waals surface area contributed by atoms with Crippen LogP contribution in [0.5, 0.6) is 0 Å². The average Bonchev–Trinajstić information content (AvgIpc) is 2.81. The molecule has 0 radical (unpaired) electrons. The highest BCUT2D eigenvalue weighted by Gasteiger charge is 2.30. The van der Waals surface area contributed by atoms with Crippen molar-refractivity contribution in [1.82, 2.24) is 4.90 Å². The van der Waals surface area contributed by atoms with E-state index in [1.807, 2.05) is 6.07 Å². The number of unbranched alkanes of at least 4 members (excludes halogenated alkanes) is 4. The van der Waals surface area contributed by atoms with Crippen molar-refractivity contribution in [2.24, 2.45) is 0 Å². The maximum atomic E-state index is 12.1. The lowest BCUT2D eigenvalue weighted by molar-refractivity contribution is -0.129. The van der Waals surface area contributed by atoms with Crippen LogP contribution in [0.3, 0.4) is 0 Å². The minimum atomic E-state index is 0.340. The molecule has 1 heterocycles. The van der Waals surface area contributed by atoms with Crippen LogP contribution in [0.2, 0.25) is 0 Å². The molecular weight excluding hydrogens is 246 g/mol. The van der Waals surface area contributed by atoms with Crippen LogP contribution >= 0.6 is 0 Å². The summed E-state index contributed by atoms with van der Waals surface area (Å²) in [5.74, 6) is 0.340. The first-order valence-corrected chi connectivity index (χ1v) is 8.14. The normalized spacial score (nSPS) is 18.8. The highest BCUT2D eigenvalue weighted by Crippen LogP contribution is 2.25. The molecule has 1 aromatic rings. The molecular formula is C18H27NO. The van der Waals surface area contributed by atoms with E-state index in [4.69, 9.17) is 0 Å². The summed E-state index contributed by atoms with van der Waals surface area (Å²) >= 11 is 0. The number of nitrogens with zero attached hydrogens (tertiary/aromatic N) is 1. The number of carbonyl (C=O) groups excluding carboxylic acids is 1. The summed E-state index contributed by atoms with van der Waals surface area (Å²) in [4.78, 5) is 14.2. The first kappa shape index (κ1) is 15.1. The number of benzene rings is 1. The van der Waals surface area contributed by atoms with Crippen LogP contribution in [0.1, 0.15) is 63.9 Å². The molecule has 1 aliphatic rings. The van der Waals surface area contributed by atoms with Gasteiger partial charge in [0.25, 0.3) is 0 Å². The lowest BCUT2D eigenvalue weighted by Gasteiger charge is -2.25. The van der Waals surface area contributed by atoms with Crippen molar-refractivity contribution in [2.75, 3.05) is 0 Å². The minimum Gasteiger partial charge on any atom is -0.335 e. The number of amides is 1. The van der Waals surface area contributed by atoms with Crippen LogP contribution < -0.4 is 0 Å². The molecule has 0 bridgehead atoms. The second-order valence-corrected chi connectivity index (χ2v) is 5.90. The molecule has 1 amide bonds. The number of hydrogen-bond acceptors (Lipinski definition) is 1. The number of likely N-dealkylation sites (tertiary alicyclic amines) is 1. The van der Waals surface area contributed by atoms with Gasteiger partial charge >= 0.3 is 0 Å². The second kappa shape index (κ2) is 8.08. The Morgan fingerprint density at radius 3 is 2.60 bits per heavy atom. The standard InChI is InChI=1S/C18H27NO/c1-2-3-4-5-9-12-17-13-14-18(20)19(17)15-16-10-7-6-8-11-16/h6-8,10-11,17H,2-5,9,12-15H2,1H3/t17-/m0/s1. The van der Waals surface area contributed by atoms with E-state index < -0.39 is 0 Å². The van der Waals surface area contributed by atoms with Crippen molar-refractivity contribution in [2.45, 2.75) is 70.9 Å². The quantitative estimate of drug-likeness (QED) is 0.637. The van der Waals surface area contributed by atoms with Gasteiger partial charge in [-0.25, -0.2) is 0 Å². The first-order chi connectivity index (χ1) is 9.81. The maximum absolute atomic E-state index is 12.1. The summed E-state index contributed by atoms with van der Waals surface area (Å²) in [6, 6.07) is 10.8. The van der Waals surface area contributed by atoms with E-state index in [-0.39, 0.29) is 0 Å². The minimum absolute atomic E-state index is 0.340. The fraction of sp³-hybridized carbons (Fsp3) is 0.611. The second-order valence-electron chi connectivity index (χ2n) is 5.90. The third kappa shape index (κ3) is 4.36. The SMILES string of the molecule is CCCCCCC[C@H]1CCC(=O)N1Cc1ccccc1. The van der Waals surface area contributed by atoms with Gasteiger partial charge in [-0.2, -0.15) is 0 Å². The van der Waals surface area contributed by atoms with E-state index in [2.05, 4.69) is 36.1 Å². The van der Waals surface area contributed by atoms with E-state index >= 15 is 0 Å². The smallest absolute Gasteiger partial charge is 0.223 e. The maximum Gasteiger partial charge on any atom is 0.223 e. The molecule has 110 valence electrons. The summed E-state index contributed by atoms with van der Waals surface area (Å²) < 4.78 is 0. The zero-order chi connectivity index (χ0) is 14.2. The van der Waals surface area contributed by atoms with E-state index in [1.165, 1.54) is 44.1 Å². The molecule has 20 heavy (non-hydrogen) atoms. The van der Waals surface area contributed by atoms with E-state index in [0.717, 1.165) is 19.4 Å². The molecule has 2 nitrogen and oxygen atoms in total. The van der Waals surface area contributed by atoms with Crippen LogP contribution in [0.4, 0.5) is 0 Å². The highest BCUT2D eigenvalue weighted by atomic mass is 16.2. The summed E-state index contributed by atoms with van der Waals surface area (Å²) in [5.41, 5.74) is 1.25. The van der Waals surface area contributed by atoms with Crippen LogP contribution in [0, 0.1) is 0 Å². The van der Waals surface area contributed by atoms with Crippen molar-refractivity contribution in [3.8, 4) is 0 Å². The van der Waals surface area contributed by atoms with Gasteiger partial charge in [-0.1, -0.05) is 69.4 Å². The van der Waals surface area contributed by atoms with Crippen molar-refractivity contribution in [1.29, 1.82) is 0 Å². The van der Waals surface area contributed by atoms with Gasteiger partial charge in [-0.3, -0.25) is 4.79 Å². The first-order valence-electron chi connectivity index (χ1n) is 8.14. The monoisotopic (exact) mass is 273 g/mol. The van der Waals surface area contributed by atoms with Crippen molar-refractivity contribution >= 4 is 5.91 Å². The Morgan fingerprint density at radius 2 is 1.85 bits per heavy atom. The Balaban J connectivity index is 1.81. The molecule has 1 aromatic carbocycles. The van der Waals surface area contributed by atoms with Crippen molar-refractivity contribution in [3.05, 3.63) is 35.9 Å². The third-order valence-electron chi connectivity index (χ3n) is 4.29. The zero-order valence-corrected chi connectivity index (χ0v) is 12.7. The number of rotatable bonds is 8. The number of hydrogen-bond donors (Lipinski definition) is 0. The summed E-state index contributed by atoms with van der Waals surface area (Å²) in [5, 5.41) is 0. The van der Waals surface area contributed by atoms with Gasteiger partial charge in [0.1, 0.15) is 0 Å². The van der Waals surface area contributed by atoms with Gasteiger partial charge in [0.2, 0.25) is 5.91 Å². The highest BCUT2D eigenvalue weighted by molar-refractivity contribution is 5.78. The molecule has 1 saturated heterocycles. The summed E-state index contributed by atoms with van der Waals surface area (Å²) in [6.07, 6.45) is 9.55. The van der Waals surface area contributed by atoms with Crippen LogP contribution in [0.15, 0.2) is 30.3 Å². The molecule has 2 rings (SSSR count). The zero-order valence-electron chi connectivity index (χ0n) is 12.7. The average molecular weight is 273 g/mol. The van der Waals surface area contributed by atoms with Gasteiger partial charge in [0, 0.05) is 19.0 Å². The van der Waals surface area contributed by atoms with Gasteiger partial charge in [0.15, 0.2) is 0 Å². The molecule has 0 N–H and O–H groups in total. The van der Waals surface area contributed by atoms with E-state index in [9.17, 15) is 4.79 Å². The molecule has 1 aliphatic heterocycles. The Labute approximate surface area is 123 Å². The van der Waals surface area contributed by atoms with E-state index in [0.29, 0.717) is 11.9 Å². The van der Waals surface area contributed by atoms with Crippen LogP contribution in [-0.2, 0) is 11.3 Å². The Kier molecular flexibility index (Phi) is 6.10. The summed E-state index contributed by atoms with van der Waals surface area (Å²) in [6.45, 7) is 3.04. The van der Waals surface area contributed by atoms with Crippen molar-refractivity contribution < 1.29 is 4.79 Å². The third-order valence-corrected chi connectivity index (χ3v) is 4.29. The molecule has 1 fully saturated rings. The van der Waals surface area contributed by atoms with Gasteiger partial charge in [-0.05, 0) is 18.4 Å². The Bertz CT molecular complexity index is 401. The predicted molar refractivity (Wildman–Crippen MR) is 83.4 cm³/mol. The molecule has 0 aliphatic carbocycles. The van der Waals surface area contributed by atoms with Crippen LogP contribution in [-0.4, -0.2) is 16.8 Å². The largest absolute Gasteiger partial charge is 0.335 e. The van der Waals surface area contributed by atoms with Crippen LogP contribution in [0.25, 0.3) is 0 Å². The molecule has 0 aromatic heterocycles. The predicted octanol–water partition coefficient (Wildman–Crippen LogP) is 4.54. The molecule has 2 heteroatoms. The number of carbonyl (C=O) groups is 1. The fourth-order valence-electron chi connectivity index (χ4n) is 3.07.